The lowest BCUT2D eigenvalue weighted by molar-refractivity contribution is 0.113. The van der Waals surface area contributed by atoms with Gasteiger partial charge in [0.25, 0.3) is 0 Å². The number of aromatic nitrogens is 2. The maximum Gasteiger partial charge on any atom is 0.222 e. The van der Waals surface area contributed by atoms with Crippen molar-refractivity contribution in [1.29, 1.82) is 0 Å². The fraction of sp³-hybridized carbons (Fsp3) is 0.385. The molecule has 0 aliphatic heterocycles. The topological polar surface area (TPSA) is 48.6 Å². The van der Waals surface area contributed by atoms with Gasteiger partial charge < -0.3 is 14.1 Å². The SMILES string of the molecule is CCOC(C)=NOCc1nc2ccccc2n1C. The normalized spacial score (nSPS) is 11.8. The smallest absolute Gasteiger partial charge is 0.222 e. The summed E-state index contributed by atoms with van der Waals surface area (Å²) in [4.78, 5) is 9.71. The second kappa shape index (κ2) is 5.53. The van der Waals surface area contributed by atoms with Crippen LogP contribution in [0.15, 0.2) is 29.4 Å². The number of para-hydroxylation sites is 2. The lowest BCUT2D eigenvalue weighted by Crippen LogP contribution is -2.02. The minimum absolute atomic E-state index is 0.329. The minimum atomic E-state index is 0.329. The van der Waals surface area contributed by atoms with Crippen LogP contribution in [-0.2, 0) is 23.2 Å². The maximum atomic E-state index is 5.22. The molecule has 5 heteroatoms. The van der Waals surface area contributed by atoms with E-state index in [0.29, 0.717) is 19.1 Å². The van der Waals surface area contributed by atoms with Crippen LogP contribution in [0.5, 0.6) is 0 Å². The van der Waals surface area contributed by atoms with Crippen molar-refractivity contribution in [2.75, 3.05) is 6.61 Å². The second-order valence-corrected chi connectivity index (χ2v) is 3.89. The summed E-state index contributed by atoms with van der Waals surface area (Å²) in [6, 6.07) is 7.97. The van der Waals surface area contributed by atoms with Gasteiger partial charge >= 0.3 is 0 Å². The maximum absolute atomic E-state index is 5.22. The first-order valence-corrected chi connectivity index (χ1v) is 5.92. The fourth-order valence-electron chi connectivity index (χ4n) is 1.74. The number of benzene rings is 1. The molecule has 5 nitrogen and oxygen atoms in total. The van der Waals surface area contributed by atoms with Crippen molar-refractivity contribution in [1.82, 2.24) is 9.55 Å². The minimum Gasteiger partial charge on any atom is -0.479 e. The molecule has 2 rings (SSSR count). The molecule has 0 spiro atoms. The number of hydrogen-bond donors (Lipinski definition) is 0. The first kappa shape index (κ1) is 12.4. The third-order valence-corrected chi connectivity index (χ3v) is 2.62. The highest BCUT2D eigenvalue weighted by atomic mass is 16.6. The van der Waals surface area contributed by atoms with Crippen LogP contribution in [0.1, 0.15) is 19.7 Å². The molecule has 0 saturated carbocycles. The van der Waals surface area contributed by atoms with E-state index in [0.717, 1.165) is 16.9 Å². The molecule has 1 aromatic heterocycles. The first-order valence-electron chi connectivity index (χ1n) is 5.92. The molecule has 0 bridgehead atoms. The number of ether oxygens (including phenoxy) is 1. The molecule has 0 saturated heterocycles. The molecule has 18 heavy (non-hydrogen) atoms. The van der Waals surface area contributed by atoms with E-state index in [4.69, 9.17) is 9.57 Å². The zero-order chi connectivity index (χ0) is 13.0. The number of aryl methyl sites for hydroxylation is 1. The van der Waals surface area contributed by atoms with Crippen molar-refractivity contribution in [2.24, 2.45) is 12.2 Å². The van der Waals surface area contributed by atoms with Crippen LogP contribution in [0.25, 0.3) is 11.0 Å². The average molecular weight is 247 g/mol. The van der Waals surface area contributed by atoms with Gasteiger partial charge in [-0.25, -0.2) is 4.98 Å². The molecule has 0 aliphatic rings. The summed E-state index contributed by atoms with van der Waals surface area (Å²) in [5.41, 5.74) is 2.05. The predicted molar refractivity (Wildman–Crippen MR) is 70.2 cm³/mol. The van der Waals surface area contributed by atoms with Crippen LogP contribution < -0.4 is 0 Å². The number of hydrogen-bond acceptors (Lipinski definition) is 4. The Morgan fingerprint density at radius 2 is 2.17 bits per heavy atom. The predicted octanol–water partition coefficient (Wildman–Crippen LogP) is 2.46. The average Bonchev–Trinajstić information content (AvgIpc) is 2.68. The van der Waals surface area contributed by atoms with Gasteiger partial charge in [-0.2, -0.15) is 0 Å². The Balaban J connectivity index is 2.08. The van der Waals surface area contributed by atoms with Crippen LogP contribution in [0.2, 0.25) is 0 Å². The van der Waals surface area contributed by atoms with Crippen molar-refractivity contribution < 1.29 is 9.57 Å². The van der Waals surface area contributed by atoms with E-state index in [2.05, 4.69) is 10.1 Å². The van der Waals surface area contributed by atoms with E-state index in [-0.39, 0.29) is 0 Å². The molecular weight excluding hydrogens is 230 g/mol. The highest BCUT2D eigenvalue weighted by Crippen LogP contribution is 2.14. The molecule has 0 fully saturated rings. The van der Waals surface area contributed by atoms with Gasteiger partial charge in [0.05, 0.1) is 17.6 Å². The number of nitrogens with zero attached hydrogens (tertiary/aromatic N) is 3. The van der Waals surface area contributed by atoms with Crippen molar-refractivity contribution in [3.8, 4) is 0 Å². The van der Waals surface area contributed by atoms with Gasteiger partial charge in [0.15, 0.2) is 12.4 Å². The molecule has 0 unspecified atom stereocenters. The standard InChI is InChI=1S/C13H17N3O2/c1-4-17-10(2)15-18-9-13-14-11-7-5-6-8-12(11)16(13)3/h5-8H,4,9H2,1-3H3. The monoisotopic (exact) mass is 247 g/mol. The highest BCUT2D eigenvalue weighted by molar-refractivity contribution is 5.75. The summed E-state index contributed by atoms with van der Waals surface area (Å²) in [6.45, 7) is 4.59. The van der Waals surface area contributed by atoms with E-state index in [1.807, 2.05) is 42.8 Å². The van der Waals surface area contributed by atoms with Gasteiger partial charge in [0.1, 0.15) is 0 Å². The molecule has 1 heterocycles. The van der Waals surface area contributed by atoms with E-state index in [1.165, 1.54) is 0 Å². The Hall–Kier alpha value is -2.04. The summed E-state index contributed by atoms with van der Waals surface area (Å²) < 4.78 is 7.17. The second-order valence-electron chi connectivity index (χ2n) is 3.89. The Kier molecular flexibility index (Phi) is 3.82. The fourth-order valence-corrected chi connectivity index (χ4v) is 1.74. The Morgan fingerprint density at radius 3 is 2.89 bits per heavy atom. The molecular formula is C13H17N3O2. The summed E-state index contributed by atoms with van der Waals surface area (Å²) in [7, 11) is 1.97. The summed E-state index contributed by atoms with van der Waals surface area (Å²) in [5, 5.41) is 3.86. The van der Waals surface area contributed by atoms with E-state index in [1.54, 1.807) is 6.92 Å². The van der Waals surface area contributed by atoms with Crippen LogP contribution in [0, 0.1) is 0 Å². The van der Waals surface area contributed by atoms with Gasteiger partial charge in [-0.15, -0.1) is 0 Å². The van der Waals surface area contributed by atoms with Crippen LogP contribution in [0.3, 0.4) is 0 Å². The largest absolute Gasteiger partial charge is 0.479 e. The van der Waals surface area contributed by atoms with Crippen molar-refractivity contribution in [3.63, 3.8) is 0 Å². The third kappa shape index (κ3) is 2.61. The number of fused-ring (bicyclic) bond motifs is 1. The van der Waals surface area contributed by atoms with E-state index < -0.39 is 0 Å². The summed E-state index contributed by atoms with van der Waals surface area (Å²) in [5.74, 6) is 1.36. The van der Waals surface area contributed by atoms with Crippen molar-refractivity contribution in [2.45, 2.75) is 20.5 Å². The van der Waals surface area contributed by atoms with E-state index in [9.17, 15) is 0 Å². The number of imidazole rings is 1. The lowest BCUT2D eigenvalue weighted by atomic mass is 10.3. The van der Waals surface area contributed by atoms with Gasteiger partial charge in [-0.1, -0.05) is 17.3 Å². The Bertz CT molecular complexity index is 560. The molecule has 0 radical (unpaired) electrons. The van der Waals surface area contributed by atoms with Crippen LogP contribution in [-0.4, -0.2) is 22.1 Å². The zero-order valence-electron chi connectivity index (χ0n) is 10.9. The van der Waals surface area contributed by atoms with Crippen molar-refractivity contribution in [3.05, 3.63) is 30.1 Å². The zero-order valence-corrected chi connectivity index (χ0v) is 10.9. The molecule has 2 aromatic rings. The van der Waals surface area contributed by atoms with Gasteiger partial charge in [-0.05, 0) is 19.1 Å². The van der Waals surface area contributed by atoms with E-state index >= 15 is 0 Å². The first-order chi connectivity index (χ1) is 8.72. The van der Waals surface area contributed by atoms with Crippen LogP contribution in [0.4, 0.5) is 0 Å². The molecule has 96 valence electrons. The molecule has 1 aromatic carbocycles. The third-order valence-electron chi connectivity index (χ3n) is 2.62. The number of oxime groups is 1. The lowest BCUT2D eigenvalue weighted by Gasteiger charge is -2.03. The summed E-state index contributed by atoms with van der Waals surface area (Å²) in [6.07, 6.45) is 0. The molecule has 0 aliphatic carbocycles. The van der Waals surface area contributed by atoms with Gasteiger partial charge in [-0.3, -0.25) is 0 Å². The highest BCUT2D eigenvalue weighted by Gasteiger charge is 2.06. The van der Waals surface area contributed by atoms with Crippen molar-refractivity contribution >= 4 is 16.9 Å². The quantitative estimate of drug-likeness (QED) is 0.473. The Labute approximate surface area is 106 Å². The molecule has 0 atom stereocenters. The molecule has 0 amide bonds. The molecule has 0 N–H and O–H groups in total. The van der Waals surface area contributed by atoms with Gasteiger partial charge in [0.2, 0.25) is 5.90 Å². The van der Waals surface area contributed by atoms with Gasteiger partial charge in [0, 0.05) is 14.0 Å². The Morgan fingerprint density at radius 1 is 1.39 bits per heavy atom. The summed E-state index contributed by atoms with van der Waals surface area (Å²) >= 11 is 0. The van der Waals surface area contributed by atoms with Crippen LogP contribution >= 0.6 is 0 Å². The number of rotatable bonds is 4.